The Labute approximate surface area is 166 Å². The van der Waals surface area contributed by atoms with Gasteiger partial charge in [0.25, 0.3) is 5.91 Å². The van der Waals surface area contributed by atoms with E-state index >= 15 is 0 Å². The molecule has 5 nitrogen and oxygen atoms in total. The molecule has 0 aromatic heterocycles. The SMILES string of the molecule is Cc1ccc2c(c1)CCCN2CCC(=O)Nc1ccccc1C(=O)NC1CC1. The van der Waals surface area contributed by atoms with E-state index in [-0.39, 0.29) is 11.8 Å². The van der Waals surface area contributed by atoms with Gasteiger partial charge in [-0.2, -0.15) is 0 Å². The molecular formula is C23H27N3O2. The lowest BCUT2D eigenvalue weighted by Gasteiger charge is -2.31. The standard InChI is InChI=1S/C23H27N3O2/c1-16-8-11-21-17(15-16)5-4-13-26(21)14-12-22(27)25-20-7-3-2-6-19(20)23(28)24-18-9-10-18/h2-3,6-8,11,15,18H,4-5,9-10,12-14H2,1H3,(H,24,28)(H,25,27). The van der Waals surface area contributed by atoms with Crippen LogP contribution in [0.4, 0.5) is 11.4 Å². The van der Waals surface area contributed by atoms with Crippen molar-refractivity contribution in [3.05, 3.63) is 59.2 Å². The molecule has 5 heteroatoms. The van der Waals surface area contributed by atoms with E-state index in [9.17, 15) is 9.59 Å². The second-order valence-electron chi connectivity index (χ2n) is 7.81. The lowest BCUT2D eigenvalue weighted by molar-refractivity contribution is -0.116. The summed E-state index contributed by atoms with van der Waals surface area (Å²) < 4.78 is 0. The summed E-state index contributed by atoms with van der Waals surface area (Å²) in [7, 11) is 0. The third-order valence-electron chi connectivity index (χ3n) is 5.42. The zero-order valence-corrected chi connectivity index (χ0v) is 16.3. The Morgan fingerprint density at radius 3 is 2.79 bits per heavy atom. The van der Waals surface area contributed by atoms with Gasteiger partial charge in [0.1, 0.15) is 0 Å². The molecule has 0 spiro atoms. The molecule has 1 fully saturated rings. The lowest BCUT2D eigenvalue weighted by Crippen LogP contribution is -2.32. The van der Waals surface area contributed by atoms with E-state index in [0.29, 0.717) is 30.3 Å². The van der Waals surface area contributed by atoms with Crippen molar-refractivity contribution in [2.24, 2.45) is 0 Å². The first-order chi connectivity index (χ1) is 13.6. The predicted octanol–water partition coefficient (Wildman–Crippen LogP) is 3.67. The van der Waals surface area contributed by atoms with E-state index in [0.717, 1.165) is 32.2 Å². The second kappa shape index (κ2) is 8.05. The molecular weight excluding hydrogens is 350 g/mol. The number of fused-ring (bicyclic) bond motifs is 1. The van der Waals surface area contributed by atoms with Crippen LogP contribution >= 0.6 is 0 Å². The van der Waals surface area contributed by atoms with E-state index < -0.39 is 0 Å². The molecule has 4 rings (SSSR count). The Morgan fingerprint density at radius 1 is 1.14 bits per heavy atom. The number of rotatable bonds is 6. The summed E-state index contributed by atoms with van der Waals surface area (Å²) in [5.74, 6) is -0.176. The molecule has 0 radical (unpaired) electrons. The fraction of sp³-hybridized carbons (Fsp3) is 0.391. The quantitative estimate of drug-likeness (QED) is 0.807. The molecule has 2 aromatic carbocycles. The maximum atomic E-state index is 12.6. The number of hydrogen-bond donors (Lipinski definition) is 2. The maximum absolute atomic E-state index is 12.6. The molecule has 0 atom stereocenters. The summed E-state index contributed by atoms with van der Waals surface area (Å²) in [6, 6.07) is 14.0. The third-order valence-corrected chi connectivity index (χ3v) is 5.42. The molecule has 0 saturated heterocycles. The Bertz CT molecular complexity index is 889. The number of aryl methyl sites for hydroxylation is 2. The molecule has 0 bridgehead atoms. The van der Waals surface area contributed by atoms with Crippen molar-refractivity contribution >= 4 is 23.2 Å². The molecule has 28 heavy (non-hydrogen) atoms. The minimum Gasteiger partial charge on any atom is -0.371 e. The Hall–Kier alpha value is -2.82. The highest BCUT2D eigenvalue weighted by Crippen LogP contribution is 2.28. The molecule has 2 amide bonds. The van der Waals surface area contributed by atoms with E-state index in [2.05, 4.69) is 40.7 Å². The van der Waals surface area contributed by atoms with Crippen LogP contribution in [0.15, 0.2) is 42.5 Å². The summed E-state index contributed by atoms with van der Waals surface area (Å²) in [6.07, 6.45) is 4.69. The molecule has 1 aliphatic heterocycles. The van der Waals surface area contributed by atoms with Crippen LogP contribution in [-0.4, -0.2) is 30.9 Å². The van der Waals surface area contributed by atoms with Crippen LogP contribution in [0.3, 0.4) is 0 Å². The fourth-order valence-corrected chi connectivity index (χ4v) is 3.77. The van der Waals surface area contributed by atoms with Crippen molar-refractivity contribution in [3.63, 3.8) is 0 Å². The van der Waals surface area contributed by atoms with Gasteiger partial charge in [-0.3, -0.25) is 9.59 Å². The summed E-state index contributed by atoms with van der Waals surface area (Å²) in [6.45, 7) is 3.77. The molecule has 1 heterocycles. The maximum Gasteiger partial charge on any atom is 0.253 e. The van der Waals surface area contributed by atoms with Crippen molar-refractivity contribution in [3.8, 4) is 0 Å². The van der Waals surface area contributed by atoms with Crippen LogP contribution in [0.1, 0.15) is 47.2 Å². The van der Waals surface area contributed by atoms with Gasteiger partial charge < -0.3 is 15.5 Å². The van der Waals surface area contributed by atoms with Gasteiger partial charge >= 0.3 is 0 Å². The number of amides is 2. The molecule has 1 aliphatic carbocycles. The van der Waals surface area contributed by atoms with Crippen LogP contribution in [0, 0.1) is 6.92 Å². The van der Waals surface area contributed by atoms with Gasteiger partial charge in [0.2, 0.25) is 5.91 Å². The first-order valence-corrected chi connectivity index (χ1v) is 10.1. The first-order valence-electron chi connectivity index (χ1n) is 10.1. The monoisotopic (exact) mass is 377 g/mol. The van der Waals surface area contributed by atoms with Gasteiger partial charge in [-0.15, -0.1) is 0 Å². The normalized spacial score (nSPS) is 15.7. The molecule has 2 N–H and O–H groups in total. The van der Waals surface area contributed by atoms with Gasteiger partial charge in [0, 0.05) is 31.2 Å². The number of nitrogens with one attached hydrogen (secondary N) is 2. The zero-order chi connectivity index (χ0) is 19.5. The molecule has 1 saturated carbocycles. The van der Waals surface area contributed by atoms with Gasteiger partial charge in [0.15, 0.2) is 0 Å². The van der Waals surface area contributed by atoms with Crippen LogP contribution < -0.4 is 15.5 Å². The van der Waals surface area contributed by atoms with Gasteiger partial charge in [0.05, 0.1) is 11.3 Å². The highest BCUT2D eigenvalue weighted by Gasteiger charge is 2.25. The molecule has 2 aliphatic rings. The van der Waals surface area contributed by atoms with Crippen LogP contribution in [0.25, 0.3) is 0 Å². The first kappa shape index (κ1) is 18.5. The van der Waals surface area contributed by atoms with E-state index in [1.54, 1.807) is 12.1 Å². The average Bonchev–Trinajstić information content (AvgIpc) is 3.50. The lowest BCUT2D eigenvalue weighted by atomic mass is 9.99. The minimum atomic E-state index is -0.112. The van der Waals surface area contributed by atoms with Crippen LogP contribution in [-0.2, 0) is 11.2 Å². The van der Waals surface area contributed by atoms with E-state index in [1.807, 2.05) is 12.1 Å². The number of para-hydroxylation sites is 1. The van der Waals surface area contributed by atoms with Gasteiger partial charge in [-0.25, -0.2) is 0 Å². The number of carbonyl (C=O) groups is 2. The highest BCUT2D eigenvalue weighted by molar-refractivity contribution is 6.04. The smallest absolute Gasteiger partial charge is 0.253 e. The van der Waals surface area contributed by atoms with Crippen molar-refractivity contribution in [2.45, 2.75) is 45.1 Å². The fourth-order valence-electron chi connectivity index (χ4n) is 3.77. The largest absolute Gasteiger partial charge is 0.371 e. The van der Waals surface area contributed by atoms with Crippen LogP contribution in [0.2, 0.25) is 0 Å². The minimum absolute atomic E-state index is 0.0640. The number of nitrogens with zero attached hydrogens (tertiary/aromatic N) is 1. The third kappa shape index (κ3) is 4.35. The summed E-state index contributed by atoms with van der Waals surface area (Å²) >= 11 is 0. The van der Waals surface area contributed by atoms with Crippen molar-refractivity contribution < 1.29 is 9.59 Å². The number of benzene rings is 2. The summed E-state index contributed by atoms with van der Waals surface area (Å²) in [5, 5.41) is 5.92. The van der Waals surface area contributed by atoms with Gasteiger partial charge in [-0.1, -0.05) is 29.8 Å². The average molecular weight is 377 g/mol. The van der Waals surface area contributed by atoms with Crippen molar-refractivity contribution in [1.29, 1.82) is 0 Å². The van der Waals surface area contributed by atoms with Crippen molar-refractivity contribution in [2.75, 3.05) is 23.3 Å². The molecule has 0 unspecified atom stereocenters. The Morgan fingerprint density at radius 2 is 1.96 bits per heavy atom. The Balaban J connectivity index is 1.38. The van der Waals surface area contributed by atoms with Gasteiger partial charge in [-0.05, 0) is 56.4 Å². The van der Waals surface area contributed by atoms with E-state index in [4.69, 9.17) is 0 Å². The van der Waals surface area contributed by atoms with Crippen molar-refractivity contribution in [1.82, 2.24) is 5.32 Å². The van der Waals surface area contributed by atoms with Crippen LogP contribution in [0.5, 0.6) is 0 Å². The molecule has 146 valence electrons. The van der Waals surface area contributed by atoms with E-state index in [1.165, 1.54) is 16.8 Å². The number of anilines is 2. The Kier molecular flexibility index (Phi) is 5.33. The summed E-state index contributed by atoms with van der Waals surface area (Å²) in [4.78, 5) is 27.3. The molecule has 2 aromatic rings. The predicted molar refractivity (Wildman–Crippen MR) is 112 cm³/mol. The number of carbonyl (C=O) groups excluding carboxylic acids is 2. The second-order valence-corrected chi connectivity index (χ2v) is 7.81. The zero-order valence-electron chi connectivity index (χ0n) is 16.3. The number of hydrogen-bond acceptors (Lipinski definition) is 3. The highest BCUT2D eigenvalue weighted by atomic mass is 16.2. The summed E-state index contributed by atoms with van der Waals surface area (Å²) in [5.41, 5.74) is 5.00. The topological polar surface area (TPSA) is 61.4 Å².